The van der Waals surface area contributed by atoms with Gasteiger partial charge in [0.05, 0.1) is 12.0 Å². The minimum Gasteiger partial charge on any atom is -0.320 e. The summed E-state index contributed by atoms with van der Waals surface area (Å²) in [6.07, 6.45) is 3.38. The molecule has 1 aliphatic carbocycles. The van der Waals surface area contributed by atoms with E-state index in [-0.39, 0.29) is 17.3 Å². The molecule has 0 bridgehead atoms. The molecule has 4 aromatic rings. The van der Waals surface area contributed by atoms with Crippen LogP contribution in [0.3, 0.4) is 0 Å². The predicted octanol–water partition coefficient (Wildman–Crippen LogP) is 3.04. The molecule has 6 heteroatoms. The molecule has 5 rings (SSSR count). The summed E-state index contributed by atoms with van der Waals surface area (Å²) < 4.78 is 4.81. The second-order valence-electron chi connectivity index (χ2n) is 7.39. The molecule has 1 fully saturated rings. The van der Waals surface area contributed by atoms with Crippen LogP contribution in [-0.4, -0.2) is 18.7 Å². The number of hydrogen-bond donors (Lipinski definition) is 0. The smallest absolute Gasteiger partial charge is 0.320 e. The fourth-order valence-electron chi connectivity index (χ4n) is 3.63. The van der Waals surface area contributed by atoms with Crippen molar-refractivity contribution in [1.82, 2.24) is 18.7 Å². The van der Waals surface area contributed by atoms with E-state index in [1.807, 2.05) is 54.0 Å². The zero-order chi connectivity index (χ0) is 19.3. The van der Waals surface area contributed by atoms with Gasteiger partial charge < -0.3 is 4.57 Å². The highest BCUT2D eigenvalue weighted by molar-refractivity contribution is 5.72. The molecule has 140 valence electrons. The molecule has 0 radical (unpaired) electrons. The van der Waals surface area contributed by atoms with Crippen LogP contribution < -0.4 is 11.2 Å². The molecular formula is C22H20N4O2. The first kappa shape index (κ1) is 16.7. The molecule has 0 saturated heterocycles. The van der Waals surface area contributed by atoms with Crippen LogP contribution in [0.4, 0.5) is 0 Å². The molecule has 2 aromatic heterocycles. The third kappa shape index (κ3) is 2.69. The fourth-order valence-corrected chi connectivity index (χ4v) is 3.63. The molecular weight excluding hydrogens is 352 g/mol. The van der Waals surface area contributed by atoms with E-state index >= 15 is 0 Å². The minimum absolute atomic E-state index is 0.0120. The van der Waals surface area contributed by atoms with E-state index in [1.165, 1.54) is 10.1 Å². The molecule has 0 amide bonds. The Balaban J connectivity index is 1.77. The molecule has 28 heavy (non-hydrogen) atoms. The number of fused-ring (bicyclic) bond motifs is 1. The lowest BCUT2D eigenvalue weighted by molar-refractivity contribution is 0.639. The molecule has 0 atom stereocenters. The maximum atomic E-state index is 13.2. The van der Waals surface area contributed by atoms with Gasteiger partial charge in [-0.15, -0.1) is 0 Å². The van der Waals surface area contributed by atoms with Crippen LogP contribution in [-0.2, 0) is 6.54 Å². The van der Waals surface area contributed by atoms with Gasteiger partial charge in [0, 0.05) is 12.6 Å². The van der Waals surface area contributed by atoms with Crippen LogP contribution in [0.15, 0.2) is 70.5 Å². The first-order valence-electron chi connectivity index (χ1n) is 9.47. The standard InChI is InChI=1S/C22H20N4O2/c1-15-7-9-16(10-8-15)13-24-14-23-20-19(24)21(27)26(18-11-12-18)22(28)25(20)17-5-3-2-4-6-17/h2-10,14,18H,11-13H2,1H3. The highest BCUT2D eigenvalue weighted by atomic mass is 16.2. The van der Waals surface area contributed by atoms with Gasteiger partial charge in [-0.3, -0.25) is 9.36 Å². The third-order valence-corrected chi connectivity index (χ3v) is 5.25. The van der Waals surface area contributed by atoms with Crippen LogP contribution >= 0.6 is 0 Å². The largest absolute Gasteiger partial charge is 0.337 e. The summed E-state index contributed by atoms with van der Waals surface area (Å²) in [6, 6.07) is 17.6. The Morgan fingerprint density at radius 3 is 2.39 bits per heavy atom. The minimum atomic E-state index is -0.313. The zero-order valence-corrected chi connectivity index (χ0v) is 15.6. The van der Waals surface area contributed by atoms with E-state index in [0.717, 1.165) is 18.4 Å². The molecule has 0 N–H and O–H groups in total. The monoisotopic (exact) mass is 372 g/mol. The molecule has 1 aliphatic rings. The Kier molecular flexibility index (Phi) is 3.79. The topological polar surface area (TPSA) is 61.8 Å². The van der Waals surface area contributed by atoms with E-state index in [9.17, 15) is 9.59 Å². The van der Waals surface area contributed by atoms with Crippen LogP contribution in [0.2, 0.25) is 0 Å². The maximum Gasteiger partial charge on any atom is 0.337 e. The van der Waals surface area contributed by atoms with Crippen molar-refractivity contribution in [3.8, 4) is 5.69 Å². The van der Waals surface area contributed by atoms with Crippen molar-refractivity contribution in [2.75, 3.05) is 0 Å². The number of nitrogens with zero attached hydrogens (tertiary/aromatic N) is 4. The first-order valence-corrected chi connectivity index (χ1v) is 9.47. The Morgan fingerprint density at radius 2 is 1.71 bits per heavy atom. The molecule has 0 spiro atoms. The van der Waals surface area contributed by atoms with Crippen molar-refractivity contribution in [2.45, 2.75) is 32.4 Å². The van der Waals surface area contributed by atoms with Gasteiger partial charge in [0.2, 0.25) is 0 Å². The Morgan fingerprint density at radius 1 is 1.00 bits per heavy atom. The average Bonchev–Trinajstić information content (AvgIpc) is 3.45. The summed E-state index contributed by atoms with van der Waals surface area (Å²) in [6.45, 7) is 2.58. The molecule has 6 nitrogen and oxygen atoms in total. The number of aryl methyl sites for hydroxylation is 1. The lowest BCUT2D eigenvalue weighted by atomic mass is 10.1. The Bertz CT molecular complexity index is 1280. The number of imidazole rings is 1. The van der Waals surface area contributed by atoms with Crippen LogP contribution in [0, 0.1) is 6.92 Å². The molecule has 1 saturated carbocycles. The van der Waals surface area contributed by atoms with Crippen LogP contribution in [0.25, 0.3) is 16.9 Å². The van der Waals surface area contributed by atoms with Gasteiger partial charge in [0.1, 0.15) is 0 Å². The number of rotatable bonds is 4. The fraction of sp³-hybridized carbons (Fsp3) is 0.227. The van der Waals surface area contributed by atoms with Crippen molar-refractivity contribution in [3.05, 3.63) is 92.9 Å². The van der Waals surface area contributed by atoms with Gasteiger partial charge >= 0.3 is 5.69 Å². The van der Waals surface area contributed by atoms with Gasteiger partial charge in [-0.05, 0) is 37.5 Å². The van der Waals surface area contributed by atoms with Crippen molar-refractivity contribution in [1.29, 1.82) is 0 Å². The van der Waals surface area contributed by atoms with E-state index in [2.05, 4.69) is 17.1 Å². The summed E-state index contributed by atoms with van der Waals surface area (Å²) >= 11 is 0. The molecule has 0 aliphatic heterocycles. The molecule has 0 unspecified atom stereocenters. The lowest BCUT2D eigenvalue weighted by Gasteiger charge is -2.12. The average molecular weight is 372 g/mol. The Labute approximate surface area is 161 Å². The van der Waals surface area contributed by atoms with Crippen molar-refractivity contribution >= 4 is 11.2 Å². The van der Waals surface area contributed by atoms with E-state index in [1.54, 1.807) is 10.9 Å². The predicted molar refractivity (Wildman–Crippen MR) is 108 cm³/mol. The normalized spacial score (nSPS) is 13.9. The van der Waals surface area contributed by atoms with Crippen molar-refractivity contribution < 1.29 is 0 Å². The third-order valence-electron chi connectivity index (χ3n) is 5.25. The Hall–Kier alpha value is -3.41. The van der Waals surface area contributed by atoms with Gasteiger partial charge in [-0.2, -0.15) is 0 Å². The molecule has 2 aromatic carbocycles. The van der Waals surface area contributed by atoms with E-state index in [0.29, 0.717) is 23.4 Å². The summed E-state index contributed by atoms with van der Waals surface area (Å²) in [5, 5.41) is 0. The van der Waals surface area contributed by atoms with Crippen molar-refractivity contribution in [2.24, 2.45) is 0 Å². The van der Waals surface area contributed by atoms with Crippen molar-refractivity contribution in [3.63, 3.8) is 0 Å². The van der Waals surface area contributed by atoms with Gasteiger partial charge in [-0.25, -0.2) is 14.3 Å². The second-order valence-corrected chi connectivity index (χ2v) is 7.39. The first-order chi connectivity index (χ1) is 13.6. The second kappa shape index (κ2) is 6.34. The van der Waals surface area contributed by atoms with Gasteiger partial charge in [0.25, 0.3) is 5.56 Å². The van der Waals surface area contributed by atoms with Gasteiger partial charge in [-0.1, -0.05) is 48.0 Å². The van der Waals surface area contributed by atoms with E-state index in [4.69, 9.17) is 0 Å². The van der Waals surface area contributed by atoms with E-state index < -0.39 is 0 Å². The SMILES string of the molecule is Cc1ccc(Cn2cnc3c2c(=O)n(C2CC2)c(=O)n3-c2ccccc2)cc1. The number of para-hydroxylation sites is 1. The quantitative estimate of drug-likeness (QED) is 0.553. The van der Waals surface area contributed by atoms with Crippen LogP contribution in [0.1, 0.15) is 30.0 Å². The maximum absolute atomic E-state index is 13.2. The number of benzene rings is 2. The van der Waals surface area contributed by atoms with Gasteiger partial charge in [0.15, 0.2) is 11.2 Å². The lowest BCUT2D eigenvalue weighted by Crippen LogP contribution is -2.39. The zero-order valence-electron chi connectivity index (χ0n) is 15.6. The number of hydrogen-bond acceptors (Lipinski definition) is 3. The molecule has 2 heterocycles. The van der Waals surface area contributed by atoms with Crippen LogP contribution in [0.5, 0.6) is 0 Å². The summed E-state index contributed by atoms with van der Waals surface area (Å²) in [5.74, 6) is 0. The highest BCUT2D eigenvalue weighted by Gasteiger charge is 2.30. The summed E-state index contributed by atoms with van der Waals surface area (Å²) in [4.78, 5) is 30.9. The number of aromatic nitrogens is 4. The summed E-state index contributed by atoms with van der Waals surface area (Å²) in [5.41, 5.74) is 3.30. The summed E-state index contributed by atoms with van der Waals surface area (Å²) in [7, 11) is 0. The highest BCUT2D eigenvalue weighted by Crippen LogP contribution is 2.32.